The van der Waals surface area contributed by atoms with Crippen molar-refractivity contribution in [3.8, 4) is 0 Å². The highest BCUT2D eigenvalue weighted by molar-refractivity contribution is 5.55. The van der Waals surface area contributed by atoms with E-state index in [1.807, 2.05) is 13.8 Å². The van der Waals surface area contributed by atoms with Crippen molar-refractivity contribution in [1.82, 2.24) is 10.2 Å². The van der Waals surface area contributed by atoms with Gasteiger partial charge in [0.2, 0.25) is 0 Å². The van der Waals surface area contributed by atoms with Crippen LogP contribution in [0.25, 0.3) is 0 Å². The smallest absolute Gasteiger partial charge is 0.0847 e. The minimum absolute atomic E-state index is 0.708. The molecule has 1 N–H and O–H groups in total. The number of rotatable bonds is 3. The number of aromatic nitrogens is 2. The average molecular weight is 168 g/mol. The lowest BCUT2D eigenvalue weighted by atomic mass is 10.2. The van der Waals surface area contributed by atoms with Gasteiger partial charge in [-0.2, -0.15) is 5.10 Å². The molecule has 0 atom stereocenters. The zero-order chi connectivity index (χ0) is 9.14. The largest absolute Gasteiger partial charge is 0.758 e. The lowest BCUT2D eigenvalue weighted by Gasteiger charge is -2.25. The Morgan fingerprint density at radius 3 is 2.50 bits per heavy atom. The summed E-state index contributed by atoms with van der Waals surface area (Å²) in [4.78, 5) is 0. The van der Waals surface area contributed by atoms with Gasteiger partial charge in [0.25, 0.3) is 0 Å². The van der Waals surface area contributed by atoms with Crippen LogP contribution in [0.5, 0.6) is 0 Å². The lowest BCUT2D eigenvalue weighted by Crippen LogP contribution is -2.09. The predicted octanol–water partition coefficient (Wildman–Crippen LogP) is 1.47. The Labute approximate surface area is 72.2 Å². The van der Waals surface area contributed by atoms with Gasteiger partial charge in [-0.25, -0.2) is 0 Å². The van der Waals surface area contributed by atoms with E-state index in [9.17, 15) is 5.21 Å². The lowest BCUT2D eigenvalue weighted by molar-refractivity contribution is 0.936. The van der Waals surface area contributed by atoms with Gasteiger partial charge < -0.3 is 10.3 Å². The Balaban J connectivity index is 3.07. The van der Waals surface area contributed by atoms with Crippen LogP contribution in [0.3, 0.4) is 0 Å². The van der Waals surface area contributed by atoms with Gasteiger partial charge in [0, 0.05) is 0 Å². The van der Waals surface area contributed by atoms with Crippen molar-refractivity contribution in [3.05, 3.63) is 16.6 Å². The third kappa shape index (κ3) is 1.43. The van der Waals surface area contributed by atoms with Crippen LogP contribution in [0, 0.1) is 5.21 Å². The minimum Gasteiger partial charge on any atom is -0.758 e. The first-order valence-corrected chi connectivity index (χ1v) is 4.17. The number of H-pyrrole nitrogens is 1. The highest BCUT2D eigenvalue weighted by Crippen LogP contribution is 2.22. The number of nitrogens with zero attached hydrogens (tertiary/aromatic N) is 2. The van der Waals surface area contributed by atoms with E-state index in [0.29, 0.717) is 5.69 Å². The number of hydrogen-bond donors (Lipinski definition) is 1. The van der Waals surface area contributed by atoms with Crippen molar-refractivity contribution in [2.75, 3.05) is 12.1 Å². The van der Waals surface area contributed by atoms with Gasteiger partial charge in [-0.1, -0.05) is 13.8 Å². The van der Waals surface area contributed by atoms with E-state index in [2.05, 4.69) is 10.2 Å². The van der Waals surface area contributed by atoms with Gasteiger partial charge in [-0.15, -0.1) is 0 Å². The Morgan fingerprint density at radius 1 is 1.42 bits per heavy atom. The SMILES string of the molecule is CCc1n[nH]c(CC)c1N(C)[O-]. The van der Waals surface area contributed by atoms with Crippen molar-refractivity contribution in [2.24, 2.45) is 0 Å². The summed E-state index contributed by atoms with van der Waals surface area (Å²) in [5.74, 6) is 0. The van der Waals surface area contributed by atoms with Crippen molar-refractivity contribution >= 4 is 5.69 Å². The Hall–Kier alpha value is -1.03. The summed E-state index contributed by atoms with van der Waals surface area (Å²) in [6, 6.07) is 0. The van der Waals surface area contributed by atoms with Gasteiger partial charge in [-0.3, -0.25) is 5.10 Å². The zero-order valence-electron chi connectivity index (χ0n) is 7.72. The normalized spacial score (nSPS) is 10.3. The molecule has 0 saturated carbocycles. The van der Waals surface area contributed by atoms with Crippen molar-refractivity contribution in [3.63, 3.8) is 0 Å². The first-order valence-electron chi connectivity index (χ1n) is 4.17. The van der Waals surface area contributed by atoms with E-state index >= 15 is 0 Å². The summed E-state index contributed by atoms with van der Waals surface area (Å²) in [6.45, 7) is 3.99. The molecule has 4 heteroatoms. The molecule has 0 fully saturated rings. The molecule has 0 amide bonds. The molecule has 0 radical (unpaired) electrons. The fourth-order valence-electron chi connectivity index (χ4n) is 1.28. The Kier molecular flexibility index (Phi) is 2.70. The van der Waals surface area contributed by atoms with Gasteiger partial charge in [-0.05, 0) is 19.9 Å². The highest BCUT2D eigenvalue weighted by Gasteiger charge is 2.08. The molecule has 0 saturated heterocycles. The quantitative estimate of drug-likeness (QED) is 0.695. The van der Waals surface area contributed by atoms with Gasteiger partial charge >= 0.3 is 0 Å². The number of anilines is 1. The van der Waals surface area contributed by atoms with Crippen LogP contribution < -0.4 is 5.06 Å². The Bertz CT molecular complexity index is 233. The van der Waals surface area contributed by atoms with Gasteiger partial charge in [0.1, 0.15) is 0 Å². The van der Waals surface area contributed by atoms with Crippen LogP contribution in [-0.2, 0) is 12.8 Å². The number of nitrogens with one attached hydrogen (secondary N) is 1. The first kappa shape index (κ1) is 9.06. The van der Waals surface area contributed by atoms with E-state index in [0.717, 1.165) is 29.3 Å². The third-order valence-corrected chi connectivity index (χ3v) is 1.89. The Morgan fingerprint density at radius 2 is 2.08 bits per heavy atom. The van der Waals surface area contributed by atoms with Crippen LogP contribution in [-0.4, -0.2) is 17.2 Å². The first-order chi connectivity index (χ1) is 5.70. The van der Waals surface area contributed by atoms with Crippen molar-refractivity contribution < 1.29 is 0 Å². The second kappa shape index (κ2) is 3.58. The molecule has 0 aliphatic heterocycles. The van der Waals surface area contributed by atoms with E-state index in [-0.39, 0.29) is 0 Å². The zero-order valence-corrected chi connectivity index (χ0v) is 7.72. The second-order valence-corrected chi connectivity index (χ2v) is 2.70. The van der Waals surface area contributed by atoms with Gasteiger partial charge in [0.05, 0.1) is 17.1 Å². The van der Waals surface area contributed by atoms with E-state index in [1.165, 1.54) is 7.05 Å². The molecule has 1 heterocycles. The molecule has 0 aliphatic carbocycles. The summed E-state index contributed by atoms with van der Waals surface area (Å²) < 4.78 is 0. The number of hydroxylamine groups is 1. The summed E-state index contributed by atoms with van der Waals surface area (Å²) in [6.07, 6.45) is 1.60. The molecule has 68 valence electrons. The maximum Gasteiger partial charge on any atom is 0.0847 e. The summed E-state index contributed by atoms with van der Waals surface area (Å²) >= 11 is 0. The van der Waals surface area contributed by atoms with Crippen LogP contribution in [0.4, 0.5) is 5.69 Å². The van der Waals surface area contributed by atoms with Crippen LogP contribution in [0.2, 0.25) is 0 Å². The molecule has 1 aromatic heterocycles. The van der Waals surface area contributed by atoms with Crippen LogP contribution >= 0.6 is 0 Å². The minimum atomic E-state index is 0.708. The van der Waals surface area contributed by atoms with E-state index < -0.39 is 0 Å². The number of aromatic amines is 1. The third-order valence-electron chi connectivity index (χ3n) is 1.89. The fourth-order valence-corrected chi connectivity index (χ4v) is 1.28. The molecule has 1 aromatic rings. The monoisotopic (exact) mass is 168 g/mol. The molecule has 0 unspecified atom stereocenters. The summed E-state index contributed by atoms with van der Waals surface area (Å²) in [5.41, 5.74) is 2.48. The maximum atomic E-state index is 11.1. The number of aryl methyl sites for hydroxylation is 2. The van der Waals surface area contributed by atoms with E-state index in [1.54, 1.807) is 0 Å². The molecule has 4 nitrogen and oxygen atoms in total. The van der Waals surface area contributed by atoms with Crippen LogP contribution in [0.1, 0.15) is 25.2 Å². The molecular weight excluding hydrogens is 154 g/mol. The standard InChI is InChI=1S/C8H14N3O/c1-4-6-8(11(3)12)7(5-2)10-9-6/h4-5H2,1-3H3,(H,9,10)/q-1. The van der Waals surface area contributed by atoms with Crippen LogP contribution in [0.15, 0.2) is 0 Å². The molecule has 1 rings (SSSR count). The highest BCUT2D eigenvalue weighted by atomic mass is 16.5. The summed E-state index contributed by atoms with van der Waals surface area (Å²) in [7, 11) is 1.50. The summed E-state index contributed by atoms with van der Waals surface area (Å²) in [5, 5.41) is 18.9. The topological polar surface area (TPSA) is 55.0 Å². The van der Waals surface area contributed by atoms with Crippen molar-refractivity contribution in [2.45, 2.75) is 26.7 Å². The molecule has 0 aliphatic rings. The fraction of sp³-hybridized carbons (Fsp3) is 0.625. The number of hydrogen-bond acceptors (Lipinski definition) is 3. The van der Waals surface area contributed by atoms with Crippen molar-refractivity contribution in [1.29, 1.82) is 0 Å². The maximum absolute atomic E-state index is 11.1. The molecule has 0 spiro atoms. The molecule has 0 bridgehead atoms. The average Bonchev–Trinajstić information content (AvgIpc) is 2.46. The molecular formula is C8H14N3O-. The predicted molar refractivity (Wildman–Crippen MR) is 49.1 cm³/mol. The van der Waals surface area contributed by atoms with E-state index in [4.69, 9.17) is 0 Å². The second-order valence-electron chi connectivity index (χ2n) is 2.70. The molecule has 12 heavy (non-hydrogen) atoms. The van der Waals surface area contributed by atoms with Gasteiger partial charge in [0.15, 0.2) is 0 Å². The molecule has 0 aromatic carbocycles.